The van der Waals surface area contributed by atoms with Gasteiger partial charge < -0.3 is 14.8 Å². The molecule has 27 heavy (non-hydrogen) atoms. The zero-order valence-electron chi connectivity index (χ0n) is 14.9. The van der Waals surface area contributed by atoms with Crippen LogP contribution in [0, 0.1) is 11.3 Å². The van der Waals surface area contributed by atoms with Crippen LogP contribution < -0.4 is 14.8 Å². The molecule has 0 saturated carbocycles. The first kappa shape index (κ1) is 18.0. The Bertz CT molecular complexity index is 1060. The van der Waals surface area contributed by atoms with E-state index in [1.165, 1.54) is 20.3 Å². The van der Waals surface area contributed by atoms with Crippen LogP contribution >= 0.6 is 0 Å². The molecule has 0 radical (unpaired) electrons. The third kappa shape index (κ3) is 3.72. The third-order valence-electron chi connectivity index (χ3n) is 3.99. The van der Waals surface area contributed by atoms with Crippen LogP contribution in [0.25, 0.3) is 17.0 Å². The topological polar surface area (TPSA) is 84.2 Å². The number of benzene rings is 2. The fraction of sp³-hybridized carbons (Fsp3) is 0.0952. The van der Waals surface area contributed by atoms with Crippen LogP contribution in [-0.4, -0.2) is 25.1 Å². The smallest absolute Gasteiger partial charge is 0.266 e. The van der Waals surface area contributed by atoms with Gasteiger partial charge in [-0.05, 0) is 36.4 Å². The quantitative estimate of drug-likeness (QED) is 0.553. The molecule has 2 aromatic carbocycles. The number of carbonyl (C=O) groups is 1. The monoisotopic (exact) mass is 359 g/mol. The van der Waals surface area contributed by atoms with Crippen molar-refractivity contribution in [3.63, 3.8) is 0 Å². The van der Waals surface area contributed by atoms with E-state index in [0.717, 1.165) is 10.9 Å². The summed E-state index contributed by atoms with van der Waals surface area (Å²) in [5.74, 6) is 0.456. The molecule has 134 valence electrons. The molecule has 0 aliphatic rings. The Kier molecular flexibility index (Phi) is 5.33. The lowest BCUT2D eigenvalue weighted by Crippen LogP contribution is -2.13. The molecule has 0 saturated heterocycles. The molecule has 3 aromatic rings. The number of anilines is 1. The Labute approximate surface area is 156 Å². The minimum absolute atomic E-state index is 0.0533. The molecule has 6 heteroatoms. The molecule has 0 aliphatic heterocycles. The van der Waals surface area contributed by atoms with Gasteiger partial charge in [0.2, 0.25) is 0 Å². The molecule has 0 spiro atoms. The molecule has 0 bridgehead atoms. The van der Waals surface area contributed by atoms with Gasteiger partial charge in [-0.3, -0.25) is 9.78 Å². The minimum atomic E-state index is -0.515. The van der Waals surface area contributed by atoms with E-state index in [9.17, 15) is 10.1 Å². The van der Waals surface area contributed by atoms with Crippen LogP contribution in [0.5, 0.6) is 11.5 Å². The van der Waals surface area contributed by atoms with Crippen LogP contribution in [0.1, 0.15) is 5.56 Å². The van der Waals surface area contributed by atoms with Crippen molar-refractivity contribution in [2.75, 3.05) is 19.5 Å². The van der Waals surface area contributed by atoms with Crippen LogP contribution in [0.2, 0.25) is 0 Å². The van der Waals surface area contributed by atoms with Gasteiger partial charge in [-0.15, -0.1) is 0 Å². The van der Waals surface area contributed by atoms with Gasteiger partial charge in [-0.2, -0.15) is 5.26 Å². The lowest BCUT2D eigenvalue weighted by Gasteiger charge is -2.11. The normalized spacial score (nSPS) is 10.9. The zero-order valence-corrected chi connectivity index (χ0v) is 14.9. The van der Waals surface area contributed by atoms with Gasteiger partial charge in [0, 0.05) is 17.1 Å². The number of hydrogen-bond acceptors (Lipinski definition) is 5. The van der Waals surface area contributed by atoms with Crippen molar-refractivity contribution in [3.8, 4) is 17.6 Å². The van der Waals surface area contributed by atoms with Gasteiger partial charge in [0.1, 0.15) is 11.6 Å². The Morgan fingerprint density at radius 2 is 1.93 bits per heavy atom. The van der Waals surface area contributed by atoms with Crippen molar-refractivity contribution in [1.82, 2.24) is 4.98 Å². The van der Waals surface area contributed by atoms with Gasteiger partial charge in [0.05, 0.1) is 25.4 Å². The minimum Gasteiger partial charge on any atom is -0.493 e. The Balaban J connectivity index is 1.95. The Morgan fingerprint density at radius 3 is 2.67 bits per heavy atom. The molecular weight excluding hydrogens is 342 g/mol. The van der Waals surface area contributed by atoms with E-state index in [1.807, 2.05) is 18.2 Å². The molecule has 0 fully saturated rings. The highest BCUT2D eigenvalue weighted by atomic mass is 16.5. The van der Waals surface area contributed by atoms with Crippen molar-refractivity contribution >= 4 is 28.6 Å². The summed E-state index contributed by atoms with van der Waals surface area (Å²) in [5, 5.41) is 13.1. The second kappa shape index (κ2) is 8.02. The first-order valence-electron chi connectivity index (χ1n) is 8.16. The van der Waals surface area contributed by atoms with E-state index in [0.29, 0.717) is 22.7 Å². The van der Waals surface area contributed by atoms with Crippen molar-refractivity contribution in [2.45, 2.75) is 0 Å². The van der Waals surface area contributed by atoms with Crippen molar-refractivity contribution in [3.05, 3.63) is 65.9 Å². The lowest BCUT2D eigenvalue weighted by molar-refractivity contribution is -0.112. The summed E-state index contributed by atoms with van der Waals surface area (Å²) in [7, 11) is 3.03. The van der Waals surface area contributed by atoms with Crippen LogP contribution in [-0.2, 0) is 4.79 Å². The number of nitrogens with zero attached hydrogens (tertiary/aromatic N) is 2. The molecule has 0 aliphatic carbocycles. The van der Waals surface area contributed by atoms with Crippen LogP contribution in [0.15, 0.2) is 60.3 Å². The number of rotatable bonds is 5. The number of aromatic nitrogens is 1. The maximum Gasteiger partial charge on any atom is 0.266 e. The first-order chi connectivity index (χ1) is 13.2. The van der Waals surface area contributed by atoms with Gasteiger partial charge in [0.25, 0.3) is 5.91 Å². The van der Waals surface area contributed by atoms with E-state index in [4.69, 9.17) is 9.47 Å². The standard InChI is InChI=1S/C21H17N3O3/c1-26-19-10-3-6-14(20(19)27-2)12-15(13-22)21(25)24-18-9-4-8-17-16(18)7-5-11-23-17/h3-12H,1-2H3,(H,24,25)/b15-12+. The summed E-state index contributed by atoms with van der Waals surface area (Å²) in [4.78, 5) is 16.9. The zero-order chi connectivity index (χ0) is 19.2. The molecule has 6 nitrogen and oxygen atoms in total. The van der Waals surface area contributed by atoms with E-state index in [1.54, 1.807) is 42.6 Å². The lowest BCUT2D eigenvalue weighted by atomic mass is 10.1. The van der Waals surface area contributed by atoms with Gasteiger partial charge >= 0.3 is 0 Å². The molecule has 1 aromatic heterocycles. The van der Waals surface area contributed by atoms with E-state index in [2.05, 4.69) is 10.3 Å². The summed E-state index contributed by atoms with van der Waals surface area (Å²) < 4.78 is 10.6. The summed E-state index contributed by atoms with van der Waals surface area (Å²) in [6, 6.07) is 16.3. The summed E-state index contributed by atoms with van der Waals surface area (Å²) in [5.41, 5.74) is 1.86. The Morgan fingerprint density at radius 1 is 1.11 bits per heavy atom. The van der Waals surface area contributed by atoms with E-state index >= 15 is 0 Å². The second-order valence-electron chi connectivity index (χ2n) is 5.58. The van der Waals surface area contributed by atoms with Crippen molar-refractivity contribution in [2.24, 2.45) is 0 Å². The van der Waals surface area contributed by atoms with Crippen molar-refractivity contribution < 1.29 is 14.3 Å². The SMILES string of the molecule is COc1cccc(/C=C(\C#N)C(=O)Nc2cccc3ncccc23)c1OC. The summed E-state index contributed by atoms with van der Waals surface area (Å²) in [6.45, 7) is 0. The van der Waals surface area contributed by atoms with E-state index < -0.39 is 5.91 Å². The number of nitrogens with one attached hydrogen (secondary N) is 1. The molecule has 1 N–H and O–H groups in total. The summed E-state index contributed by atoms with van der Waals surface area (Å²) >= 11 is 0. The highest BCUT2D eigenvalue weighted by Gasteiger charge is 2.14. The number of hydrogen-bond donors (Lipinski definition) is 1. The number of methoxy groups -OCH3 is 2. The third-order valence-corrected chi connectivity index (χ3v) is 3.99. The van der Waals surface area contributed by atoms with Crippen LogP contribution in [0.3, 0.4) is 0 Å². The van der Waals surface area contributed by atoms with Gasteiger partial charge in [0.15, 0.2) is 11.5 Å². The number of pyridine rings is 1. The average Bonchev–Trinajstić information content (AvgIpc) is 2.71. The van der Waals surface area contributed by atoms with Crippen molar-refractivity contribution in [1.29, 1.82) is 5.26 Å². The second-order valence-corrected chi connectivity index (χ2v) is 5.58. The molecule has 1 heterocycles. The molecule has 0 atom stereocenters. The highest BCUT2D eigenvalue weighted by Crippen LogP contribution is 2.32. The average molecular weight is 359 g/mol. The predicted octanol–water partition coefficient (Wildman–Crippen LogP) is 3.80. The van der Waals surface area contributed by atoms with Gasteiger partial charge in [-0.25, -0.2) is 0 Å². The summed E-state index contributed by atoms with van der Waals surface area (Å²) in [6.07, 6.45) is 3.16. The Hall–Kier alpha value is -3.85. The molecule has 0 unspecified atom stereocenters. The number of fused-ring (bicyclic) bond motifs is 1. The predicted molar refractivity (Wildman–Crippen MR) is 104 cm³/mol. The largest absolute Gasteiger partial charge is 0.493 e. The first-order valence-corrected chi connectivity index (χ1v) is 8.16. The van der Waals surface area contributed by atoms with Crippen LogP contribution in [0.4, 0.5) is 5.69 Å². The molecule has 3 rings (SSSR count). The number of carbonyl (C=O) groups excluding carboxylic acids is 1. The maximum atomic E-state index is 12.7. The number of amides is 1. The fourth-order valence-corrected chi connectivity index (χ4v) is 2.73. The molecule has 1 amide bonds. The molecular formula is C21H17N3O3. The number of nitriles is 1. The fourth-order valence-electron chi connectivity index (χ4n) is 2.73. The number of para-hydroxylation sites is 1. The maximum absolute atomic E-state index is 12.7. The van der Waals surface area contributed by atoms with Gasteiger partial charge in [-0.1, -0.05) is 18.2 Å². The van der Waals surface area contributed by atoms with E-state index in [-0.39, 0.29) is 5.57 Å². The highest BCUT2D eigenvalue weighted by molar-refractivity contribution is 6.12. The number of ether oxygens (including phenoxy) is 2.